The van der Waals surface area contributed by atoms with Crippen molar-refractivity contribution in [3.63, 3.8) is 0 Å². The monoisotopic (exact) mass is 527 g/mol. The fourth-order valence-electron chi connectivity index (χ4n) is 4.93. The first-order valence-corrected chi connectivity index (χ1v) is 13.4. The number of amides is 1. The van der Waals surface area contributed by atoms with Crippen LogP contribution in [0.25, 0.3) is 10.8 Å². The molecule has 3 aliphatic rings. The molecule has 1 N–H and O–H groups in total. The molecular formula is C25H26BrN3O3S. The summed E-state index contributed by atoms with van der Waals surface area (Å²) in [6.45, 7) is 2.10. The first-order valence-electron chi connectivity index (χ1n) is 11.2. The Kier molecular flexibility index (Phi) is 5.93. The smallest absolute Gasteiger partial charge is 0.245 e. The standard InChI is InChI=1S/C25H26BrN3O3S/c26-21-6-8-22(9-7-21)27-24(30)18-29(23-10-5-19-3-1-2-4-20(19)17-23)33(31,32)25-11-14-28(15-12-25)16-13-25/h1-10,17H,11-16,18H2,(H,27,30). The Balaban J connectivity index is 1.51. The zero-order valence-electron chi connectivity index (χ0n) is 18.2. The maximum Gasteiger partial charge on any atom is 0.245 e. The maximum absolute atomic E-state index is 14.2. The van der Waals surface area contributed by atoms with E-state index in [1.807, 2.05) is 48.5 Å². The highest BCUT2D eigenvalue weighted by Gasteiger charge is 2.52. The van der Waals surface area contributed by atoms with Crippen molar-refractivity contribution >= 4 is 54.0 Å². The van der Waals surface area contributed by atoms with Crippen LogP contribution in [0.15, 0.2) is 71.2 Å². The number of halogens is 1. The van der Waals surface area contributed by atoms with E-state index in [4.69, 9.17) is 0 Å². The van der Waals surface area contributed by atoms with Crippen molar-refractivity contribution < 1.29 is 13.2 Å². The molecule has 0 spiro atoms. The second-order valence-electron chi connectivity index (χ2n) is 8.87. The van der Waals surface area contributed by atoms with E-state index in [9.17, 15) is 13.2 Å². The SMILES string of the molecule is O=C(CN(c1ccc2ccccc2c1)S(=O)(=O)C12CCN(CC1)CC2)Nc1ccc(Br)cc1. The van der Waals surface area contributed by atoms with Crippen LogP contribution in [0.2, 0.25) is 0 Å². The zero-order chi connectivity index (χ0) is 23.1. The van der Waals surface area contributed by atoms with Crippen molar-refractivity contribution in [2.45, 2.75) is 24.0 Å². The zero-order valence-corrected chi connectivity index (χ0v) is 20.6. The number of nitrogens with one attached hydrogen (secondary N) is 1. The van der Waals surface area contributed by atoms with Crippen LogP contribution >= 0.6 is 15.9 Å². The number of piperidine rings is 3. The summed E-state index contributed by atoms with van der Waals surface area (Å²) in [6.07, 6.45) is 1.81. The number of hydrogen-bond acceptors (Lipinski definition) is 4. The molecule has 3 heterocycles. The van der Waals surface area contributed by atoms with E-state index in [1.165, 1.54) is 4.31 Å². The van der Waals surface area contributed by atoms with Gasteiger partial charge >= 0.3 is 0 Å². The van der Waals surface area contributed by atoms with Gasteiger partial charge in [0.25, 0.3) is 0 Å². The molecule has 1 amide bonds. The first kappa shape index (κ1) is 22.4. The number of sulfonamides is 1. The second kappa shape index (κ2) is 8.74. The van der Waals surface area contributed by atoms with Gasteiger partial charge in [0.15, 0.2) is 0 Å². The molecule has 0 aromatic heterocycles. The van der Waals surface area contributed by atoms with Crippen LogP contribution < -0.4 is 9.62 Å². The van der Waals surface area contributed by atoms with Gasteiger partial charge in [0, 0.05) is 10.2 Å². The first-order chi connectivity index (χ1) is 15.9. The van der Waals surface area contributed by atoms with Gasteiger partial charge in [0.2, 0.25) is 15.9 Å². The summed E-state index contributed by atoms with van der Waals surface area (Å²) in [5.41, 5.74) is 1.16. The van der Waals surface area contributed by atoms with Crippen LogP contribution in [0, 0.1) is 0 Å². The Hall–Kier alpha value is -2.42. The molecule has 6 rings (SSSR count). The van der Waals surface area contributed by atoms with E-state index >= 15 is 0 Å². The number of benzene rings is 3. The molecule has 3 aliphatic heterocycles. The Labute approximate surface area is 202 Å². The van der Waals surface area contributed by atoms with E-state index in [1.54, 1.807) is 18.2 Å². The fraction of sp³-hybridized carbons (Fsp3) is 0.320. The topological polar surface area (TPSA) is 69.7 Å². The lowest BCUT2D eigenvalue weighted by Gasteiger charge is -2.49. The third-order valence-corrected chi connectivity index (χ3v) is 10.1. The molecule has 0 atom stereocenters. The molecule has 172 valence electrons. The van der Waals surface area contributed by atoms with Crippen LogP contribution in [-0.4, -0.2) is 50.2 Å². The Bertz CT molecular complexity index is 1270. The molecule has 0 aliphatic carbocycles. The lowest BCUT2D eigenvalue weighted by Crippen LogP contribution is -2.60. The molecule has 3 fully saturated rings. The molecule has 3 aromatic carbocycles. The van der Waals surface area contributed by atoms with E-state index in [0.29, 0.717) is 30.6 Å². The average molecular weight is 528 g/mol. The fourth-order valence-corrected chi connectivity index (χ4v) is 7.39. The molecule has 0 radical (unpaired) electrons. The minimum absolute atomic E-state index is 0.262. The molecule has 3 saturated heterocycles. The van der Waals surface area contributed by atoms with Gasteiger partial charge in [-0.2, -0.15) is 0 Å². The van der Waals surface area contributed by atoms with E-state index in [2.05, 4.69) is 26.1 Å². The predicted octanol–water partition coefficient (Wildman–Crippen LogP) is 4.62. The predicted molar refractivity (Wildman–Crippen MR) is 136 cm³/mol. The van der Waals surface area contributed by atoms with Gasteiger partial charge in [0.1, 0.15) is 6.54 Å². The number of hydrogen-bond donors (Lipinski definition) is 1. The molecule has 8 heteroatoms. The van der Waals surface area contributed by atoms with Gasteiger partial charge in [-0.25, -0.2) is 8.42 Å². The Morgan fingerprint density at radius 1 is 0.939 bits per heavy atom. The van der Waals surface area contributed by atoms with Crippen molar-refractivity contribution in [3.8, 4) is 0 Å². The van der Waals surface area contributed by atoms with Gasteiger partial charge < -0.3 is 10.2 Å². The number of anilines is 2. The van der Waals surface area contributed by atoms with Crippen molar-refractivity contribution in [1.29, 1.82) is 0 Å². The Morgan fingerprint density at radius 3 is 2.24 bits per heavy atom. The van der Waals surface area contributed by atoms with Crippen molar-refractivity contribution in [1.82, 2.24) is 4.90 Å². The van der Waals surface area contributed by atoms with Crippen LogP contribution in [0.4, 0.5) is 11.4 Å². The summed E-state index contributed by atoms with van der Waals surface area (Å²) in [7, 11) is -3.78. The number of rotatable bonds is 6. The number of carbonyl (C=O) groups excluding carboxylic acids is 1. The number of fused-ring (bicyclic) bond motifs is 4. The van der Waals surface area contributed by atoms with Crippen LogP contribution in [0.3, 0.4) is 0 Å². The van der Waals surface area contributed by atoms with E-state index < -0.39 is 14.8 Å². The van der Waals surface area contributed by atoms with Gasteiger partial charge in [0.05, 0.1) is 10.4 Å². The average Bonchev–Trinajstić information content (AvgIpc) is 2.84. The van der Waals surface area contributed by atoms with Gasteiger partial charge in [-0.3, -0.25) is 9.10 Å². The van der Waals surface area contributed by atoms with Crippen molar-refractivity contribution in [2.75, 3.05) is 35.8 Å². The molecule has 3 aromatic rings. The Morgan fingerprint density at radius 2 is 1.58 bits per heavy atom. The number of carbonyl (C=O) groups is 1. The highest BCUT2D eigenvalue weighted by atomic mass is 79.9. The van der Waals surface area contributed by atoms with Gasteiger partial charge in [-0.1, -0.05) is 46.3 Å². The summed E-state index contributed by atoms with van der Waals surface area (Å²) in [4.78, 5) is 15.4. The van der Waals surface area contributed by atoms with Gasteiger partial charge in [-0.05, 0) is 86.1 Å². The summed E-state index contributed by atoms with van der Waals surface area (Å²) < 4.78 is 29.7. The summed E-state index contributed by atoms with van der Waals surface area (Å²) in [5, 5.41) is 4.82. The molecule has 2 bridgehead atoms. The minimum Gasteiger partial charge on any atom is -0.325 e. The van der Waals surface area contributed by atoms with Crippen molar-refractivity contribution in [2.24, 2.45) is 0 Å². The quantitative estimate of drug-likeness (QED) is 0.507. The highest BCUT2D eigenvalue weighted by molar-refractivity contribution is 9.10. The molecule has 6 nitrogen and oxygen atoms in total. The summed E-state index contributed by atoms with van der Waals surface area (Å²) in [6, 6.07) is 20.7. The van der Waals surface area contributed by atoms with E-state index in [-0.39, 0.29) is 12.5 Å². The third-order valence-electron chi connectivity index (χ3n) is 6.92. The lowest BCUT2D eigenvalue weighted by atomic mass is 9.87. The van der Waals surface area contributed by atoms with Crippen LogP contribution in [0.5, 0.6) is 0 Å². The largest absolute Gasteiger partial charge is 0.325 e. The lowest BCUT2D eigenvalue weighted by molar-refractivity contribution is -0.114. The van der Waals surface area contributed by atoms with Crippen LogP contribution in [-0.2, 0) is 14.8 Å². The highest BCUT2D eigenvalue weighted by Crippen LogP contribution is 2.42. The third kappa shape index (κ3) is 4.27. The van der Waals surface area contributed by atoms with Crippen LogP contribution in [0.1, 0.15) is 19.3 Å². The molecule has 0 saturated carbocycles. The minimum atomic E-state index is -3.78. The molecular weight excluding hydrogens is 502 g/mol. The second-order valence-corrected chi connectivity index (χ2v) is 12.0. The van der Waals surface area contributed by atoms with Crippen molar-refractivity contribution in [3.05, 3.63) is 71.2 Å². The van der Waals surface area contributed by atoms with Gasteiger partial charge in [-0.15, -0.1) is 0 Å². The molecule has 0 unspecified atom stereocenters. The summed E-state index contributed by atoms with van der Waals surface area (Å²) in [5.74, 6) is -0.362. The summed E-state index contributed by atoms with van der Waals surface area (Å²) >= 11 is 3.39. The van der Waals surface area contributed by atoms with E-state index in [0.717, 1.165) is 34.9 Å². The number of nitrogens with zero attached hydrogens (tertiary/aromatic N) is 2. The maximum atomic E-state index is 14.2. The molecule has 33 heavy (non-hydrogen) atoms. The normalized spacial score (nSPS) is 22.3.